The Kier molecular flexibility index (Phi) is 6.08. The molecule has 2 N–H and O–H groups in total. The molecule has 1 saturated heterocycles. The number of carbonyl (C=O) groups excluding carboxylic acids is 1. The number of hydrogen-bond acceptors (Lipinski definition) is 4. The van der Waals surface area contributed by atoms with E-state index >= 15 is 0 Å². The van der Waals surface area contributed by atoms with Gasteiger partial charge in [0.1, 0.15) is 11.6 Å². The highest BCUT2D eigenvalue weighted by Gasteiger charge is 2.25. The van der Waals surface area contributed by atoms with E-state index in [0.717, 1.165) is 12.1 Å². The van der Waals surface area contributed by atoms with E-state index < -0.39 is 0 Å². The summed E-state index contributed by atoms with van der Waals surface area (Å²) < 4.78 is 18.7. The summed E-state index contributed by atoms with van der Waals surface area (Å²) in [5.74, 6) is 0.137. The van der Waals surface area contributed by atoms with Crippen LogP contribution in [0.3, 0.4) is 0 Å². The number of anilines is 1. The minimum atomic E-state index is -0.273. The van der Waals surface area contributed by atoms with Gasteiger partial charge in [-0.05, 0) is 35.9 Å². The van der Waals surface area contributed by atoms with Crippen molar-refractivity contribution in [1.29, 1.82) is 0 Å². The first-order valence-electron chi connectivity index (χ1n) is 8.40. The average molecular weight is 378 g/mol. The van der Waals surface area contributed by atoms with E-state index in [1.807, 2.05) is 11.0 Å². The molecule has 0 aliphatic carbocycles. The van der Waals surface area contributed by atoms with Crippen LogP contribution in [0.4, 0.5) is 10.1 Å². The first kappa shape index (κ1) is 18.6. The second kappa shape index (κ2) is 8.49. The molecule has 0 bridgehead atoms. The van der Waals surface area contributed by atoms with Crippen LogP contribution in [0.15, 0.2) is 42.5 Å². The van der Waals surface area contributed by atoms with Gasteiger partial charge in [-0.3, -0.25) is 9.69 Å². The van der Waals surface area contributed by atoms with Crippen molar-refractivity contribution in [2.75, 3.05) is 38.6 Å². The number of halogens is 2. The van der Waals surface area contributed by atoms with Gasteiger partial charge in [0.25, 0.3) is 0 Å². The number of carbonyl (C=O) groups is 1. The molecule has 5 nitrogen and oxygen atoms in total. The number of piperazine rings is 1. The van der Waals surface area contributed by atoms with Crippen LogP contribution in [0, 0.1) is 5.82 Å². The van der Waals surface area contributed by atoms with Crippen LogP contribution < -0.4 is 15.4 Å². The molecule has 26 heavy (non-hydrogen) atoms. The Balaban J connectivity index is 1.67. The monoisotopic (exact) mass is 377 g/mol. The molecule has 1 atom stereocenters. The molecule has 1 aliphatic heterocycles. The van der Waals surface area contributed by atoms with Crippen LogP contribution >= 0.6 is 11.6 Å². The Morgan fingerprint density at radius 3 is 2.96 bits per heavy atom. The van der Waals surface area contributed by atoms with Crippen molar-refractivity contribution in [3.05, 3.63) is 58.9 Å². The third-order valence-corrected chi connectivity index (χ3v) is 4.67. The minimum absolute atomic E-state index is 0.0512. The van der Waals surface area contributed by atoms with E-state index in [0.29, 0.717) is 29.5 Å². The highest BCUT2D eigenvalue weighted by Crippen LogP contribution is 2.27. The fourth-order valence-corrected chi connectivity index (χ4v) is 3.36. The Morgan fingerprint density at radius 2 is 2.23 bits per heavy atom. The summed E-state index contributed by atoms with van der Waals surface area (Å²) in [5.41, 5.74) is 1.47. The molecular weight excluding hydrogens is 357 g/mol. The van der Waals surface area contributed by atoms with Gasteiger partial charge < -0.3 is 15.4 Å². The Bertz CT molecular complexity index is 787. The highest BCUT2D eigenvalue weighted by atomic mass is 35.5. The zero-order valence-corrected chi connectivity index (χ0v) is 15.2. The summed E-state index contributed by atoms with van der Waals surface area (Å²) in [6.07, 6.45) is 0. The number of methoxy groups -OCH3 is 1. The van der Waals surface area contributed by atoms with E-state index in [1.54, 1.807) is 24.3 Å². The zero-order valence-electron chi connectivity index (χ0n) is 14.5. The molecule has 138 valence electrons. The fraction of sp³-hybridized carbons (Fsp3) is 0.316. The second-order valence-electron chi connectivity index (χ2n) is 6.14. The van der Waals surface area contributed by atoms with Crippen molar-refractivity contribution in [2.24, 2.45) is 0 Å². The lowest BCUT2D eigenvalue weighted by Crippen LogP contribution is -2.48. The molecule has 0 radical (unpaired) electrons. The van der Waals surface area contributed by atoms with E-state index in [9.17, 15) is 9.18 Å². The first-order valence-corrected chi connectivity index (χ1v) is 8.78. The Labute approximate surface area is 157 Å². The van der Waals surface area contributed by atoms with Gasteiger partial charge in [-0.15, -0.1) is 0 Å². The molecule has 2 aromatic rings. The lowest BCUT2D eigenvalue weighted by Gasteiger charge is -2.36. The van der Waals surface area contributed by atoms with E-state index in [1.165, 1.54) is 19.2 Å². The van der Waals surface area contributed by atoms with Gasteiger partial charge in [-0.2, -0.15) is 0 Å². The first-order chi connectivity index (χ1) is 12.6. The molecule has 2 aromatic carbocycles. The number of benzene rings is 2. The van der Waals surface area contributed by atoms with Crippen LogP contribution in [0.1, 0.15) is 11.6 Å². The molecule has 1 fully saturated rings. The van der Waals surface area contributed by atoms with Gasteiger partial charge in [0, 0.05) is 31.4 Å². The number of hydrogen-bond donors (Lipinski definition) is 2. The third-order valence-electron chi connectivity index (χ3n) is 4.37. The topological polar surface area (TPSA) is 53.6 Å². The molecule has 0 aromatic heterocycles. The standard InChI is InChI=1S/C19H21ClFN3O2/c1-26-18-6-5-15(10-16(18)20)23-19(25)12-24-8-7-22-11-17(24)13-3-2-4-14(21)9-13/h2-6,9-10,17,22H,7-8,11-12H2,1H3,(H,23,25). The third kappa shape index (κ3) is 4.52. The molecule has 1 amide bonds. The van der Waals surface area contributed by atoms with Crippen molar-refractivity contribution >= 4 is 23.2 Å². The highest BCUT2D eigenvalue weighted by molar-refractivity contribution is 6.32. The number of rotatable bonds is 5. The quantitative estimate of drug-likeness (QED) is 0.840. The fourth-order valence-electron chi connectivity index (χ4n) is 3.11. The van der Waals surface area contributed by atoms with E-state index in [4.69, 9.17) is 16.3 Å². The number of nitrogens with zero attached hydrogens (tertiary/aromatic N) is 1. The van der Waals surface area contributed by atoms with Crippen molar-refractivity contribution in [2.45, 2.75) is 6.04 Å². The number of amides is 1. The summed E-state index contributed by atoms with van der Waals surface area (Å²) in [6.45, 7) is 2.38. The molecule has 1 heterocycles. The number of nitrogens with one attached hydrogen (secondary N) is 2. The summed E-state index contributed by atoms with van der Waals surface area (Å²) in [7, 11) is 1.54. The normalized spacial score (nSPS) is 17.7. The van der Waals surface area contributed by atoms with Crippen molar-refractivity contribution in [3.63, 3.8) is 0 Å². The predicted molar refractivity (Wildman–Crippen MR) is 100 cm³/mol. The van der Waals surface area contributed by atoms with Gasteiger partial charge in [0.15, 0.2) is 0 Å². The molecule has 1 unspecified atom stereocenters. The molecular formula is C19H21ClFN3O2. The summed E-state index contributed by atoms with van der Waals surface area (Å²) >= 11 is 6.09. The molecule has 0 spiro atoms. The van der Waals surface area contributed by atoms with Crippen molar-refractivity contribution in [1.82, 2.24) is 10.2 Å². The Hall–Kier alpha value is -2.15. The van der Waals surface area contributed by atoms with Crippen LogP contribution in [-0.4, -0.2) is 44.1 Å². The van der Waals surface area contributed by atoms with E-state index in [2.05, 4.69) is 10.6 Å². The van der Waals surface area contributed by atoms with Gasteiger partial charge in [-0.25, -0.2) is 4.39 Å². The average Bonchev–Trinajstić information content (AvgIpc) is 2.62. The van der Waals surface area contributed by atoms with Crippen LogP contribution in [0.2, 0.25) is 5.02 Å². The SMILES string of the molecule is COc1ccc(NC(=O)CN2CCNCC2c2cccc(F)c2)cc1Cl. The Morgan fingerprint density at radius 1 is 1.38 bits per heavy atom. The van der Waals surface area contributed by atoms with Crippen LogP contribution in [-0.2, 0) is 4.79 Å². The molecule has 7 heteroatoms. The molecule has 0 saturated carbocycles. The smallest absolute Gasteiger partial charge is 0.238 e. The maximum absolute atomic E-state index is 13.6. The number of ether oxygens (including phenoxy) is 1. The largest absolute Gasteiger partial charge is 0.495 e. The predicted octanol–water partition coefficient (Wildman–Crippen LogP) is 3.07. The maximum Gasteiger partial charge on any atom is 0.238 e. The van der Waals surface area contributed by atoms with Gasteiger partial charge in [0.05, 0.1) is 18.7 Å². The zero-order chi connectivity index (χ0) is 18.5. The summed E-state index contributed by atoms with van der Waals surface area (Å²) in [5, 5.41) is 6.58. The summed E-state index contributed by atoms with van der Waals surface area (Å²) in [6, 6.07) is 11.6. The molecule has 3 rings (SSSR count). The lowest BCUT2D eigenvalue weighted by atomic mass is 10.0. The van der Waals surface area contributed by atoms with Crippen molar-refractivity contribution in [3.8, 4) is 5.75 Å². The lowest BCUT2D eigenvalue weighted by molar-refractivity contribution is -0.118. The minimum Gasteiger partial charge on any atom is -0.495 e. The molecule has 1 aliphatic rings. The van der Waals surface area contributed by atoms with Gasteiger partial charge in [0.2, 0.25) is 5.91 Å². The maximum atomic E-state index is 13.6. The van der Waals surface area contributed by atoms with E-state index in [-0.39, 0.29) is 24.3 Å². The second-order valence-corrected chi connectivity index (χ2v) is 6.55. The van der Waals surface area contributed by atoms with Gasteiger partial charge in [-0.1, -0.05) is 23.7 Å². The van der Waals surface area contributed by atoms with Crippen molar-refractivity contribution < 1.29 is 13.9 Å². The van der Waals surface area contributed by atoms with Crippen LogP contribution in [0.5, 0.6) is 5.75 Å². The summed E-state index contributed by atoms with van der Waals surface area (Å²) in [4.78, 5) is 14.5. The van der Waals surface area contributed by atoms with Crippen LogP contribution in [0.25, 0.3) is 0 Å². The van der Waals surface area contributed by atoms with Gasteiger partial charge >= 0.3 is 0 Å².